The zero-order chi connectivity index (χ0) is 14.4. The van der Waals surface area contributed by atoms with Crippen LogP contribution in [-0.2, 0) is 0 Å². The predicted molar refractivity (Wildman–Crippen MR) is 81.4 cm³/mol. The van der Waals surface area contributed by atoms with Crippen molar-refractivity contribution < 1.29 is 5.11 Å². The number of aromatic nitrogens is 1. The second-order valence-corrected chi connectivity index (χ2v) is 5.36. The molecule has 1 heterocycles. The molecule has 2 unspecified atom stereocenters. The van der Waals surface area contributed by atoms with Crippen molar-refractivity contribution in [3.05, 3.63) is 66.0 Å². The molecule has 3 nitrogen and oxygen atoms in total. The van der Waals surface area contributed by atoms with Crippen LogP contribution in [0, 0.1) is 0 Å². The van der Waals surface area contributed by atoms with Crippen molar-refractivity contribution in [3.8, 4) is 0 Å². The molecule has 106 valence electrons. The SMILES string of the molecule is CCC(C)(O)CNC(c1ccccc1)c1ccncc1. The van der Waals surface area contributed by atoms with Gasteiger partial charge in [0.2, 0.25) is 0 Å². The fourth-order valence-electron chi connectivity index (χ4n) is 2.08. The average molecular weight is 270 g/mol. The standard InChI is InChI=1S/C17H22N2O/c1-3-17(2,20)13-19-16(14-7-5-4-6-8-14)15-9-11-18-12-10-15/h4-12,16,19-20H,3,13H2,1-2H3. The van der Waals surface area contributed by atoms with E-state index in [1.54, 1.807) is 12.4 Å². The van der Waals surface area contributed by atoms with Gasteiger partial charge in [0.1, 0.15) is 0 Å². The van der Waals surface area contributed by atoms with Gasteiger partial charge < -0.3 is 10.4 Å². The highest BCUT2D eigenvalue weighted by Crippen LogP contribution is 2.22. The largest absolute Gasteiger partial charge is 0.389 e. The summed E-state index contributed by atoms with van der Waals surface area (Å²) < 4.78 is 0. The van der Waals surface area contributed by atoms with Gasteiger partial charge in [0.05, 0.1) is 11.6 Å². The molecule has 1 aromatic carbocycles. The molecule has 0 saturated heterocycles. The first-order valence-electron chi connectivity index (χ1n) is 7.03. The number of hydrogen-bond acceptors (Lipinski definition) is 3. The van der Waals surface area contributed by atoms with E-state index >= 15 is 0 Å². The number of aliphatic hydroxyl groups is 1. The molecule has 0 fully saturated rings. The van der Waals surface area contributed by atoms with Crippen LogP contribution in [0.1, 0.15) is 37.4 Å². The van der Waals surface area contributed by atoms with E-state index in [-0.39, 0.29) is 6.04 Å². The second kappa shape index (κ2) is 6.64. The van der Waals surface area contributed by atoms with Crippen LogP contribution in [-0.4, -0.2) is 22.2 Å². The summed E-state index contributed by atoms with van der Waals surface area (Å²) in [5, 5.41) is 13.7. The smallest absolute Gasteiger partial charge is 0.0741 e. The van der Waals surface area contributed by atoms with Crippen molar-refractivity contribution in [2.45, 2.75) is 31.9 Å². The first-order chi connectivity index (χ1) is 9.62. The Hall–Kier alpha value is -1.71. The van der Waals surface area contributed by atoms with Crippen molar-refractivity contribution in [2.75, 3.05) is 6.54 Å². The minimum absolute atomic E-state index is 0.0669. The molecule has 0 radical (unpaired) electrons. The Balaban J connectivity index is 2.22. The number of rotatable bonds is 6. The van der Waals surface area contributed by atoms with Crippen molar-refractivity contribution in [2.24, 2.45) is 0 Å². The lowest BCUT2D eigenvalue weighted by Crippen LogP contribution is -2.39. The zero-order valence-electron chi connectivity index (χ0n) is 12.1. The monoisotopic (exact) mass is 270 g/mol. The normalized spacial score (nSPS) is 15.6. The lowest BCUT2D eigenvalue weighted by molar-refractivity contribution is 0.0540. The maximum absolute atomic E-state index is 10.2. The maximum Gasteiger partial charge on any atom is 0.0741 e. The van der Waals surface area contributed by atoms with Gasteiger partial charge in [-0.25, -0.2) is 0 Å². The number of nitrogens with one attached hydrogen (secondary N) is 1. The Morgan fingerprint density at radius 3 is 2.30 bits per heavy atom. The highest BCUT2D eigenvalue weighted by Gasteiger charge is 2.21. The molecule has 2 aromatic rings. The molecular weight excluding hydrogens is 248 g/mol. The third kappa shape index (κ3) is 3.89. The molecule has 3 heteroatoms. The highest BCUT2D eigenvalue weighted by atomic mass is 16.3. The van der Waals surface area contributed by atoms with Gasteiger partial charge in [0.15, 0.2) is 0 Å². The minimum atomic E-state index is -0.694. The van der Waals surface area contributed by atoms with Crippen LogP contribution >= 0.6 is 0 Å². The van der Waals surface area contributed by atoms with Crippen LogP contribution in [0.3, 0.4) is 0 Å². The van der Waals surface area contributed by atoms with Gasteiger partial charge in [0.25, 0.3) is 0 Å². The van der Waals surface area contributed by atoms with E-state index in [0.29, 0.717) is 6.54 Å². The van der Waals surface area contributed by atoms with E-state index in [1.807, 2.05) is 44.2 Å². The number of hydrogen-bond donors (Lipinski definition) is 2. The van der Waals surface area contributed by atoms with Gasteiger partial charge in [-0.2, -0.15) is 0 Å². The maximum atomic E-state index is 10.2. The first-order valence-corrected chi connectivity index (χ1v) is 7.03. The van der Waals surface area contributed by atoms with Crippen LogP contribution in [0.2, 0.25) is 0 Å². The van der Waals surface area contributed by atoms with Crippen LogP contribution < -0.4 is 5.32 Å². The average Bonchev–Trinajstić information content (AvgIpc) is 2.49. The van der Waals surface area contributed by atoms with Gasteiger partial charge in [-0.15, -0.1) is 0 Å². The summed E-state index contributed by atoms with van der Waals surface area (Å²) in [6.45, 7) is 4.39. The van der Waals surface area contributed by atoms with E-state index in [2.05, 4.69) is 22.4 Å². The van der Waals surface area contributed by atoms with Gasteiger partial charge in [0, 0.05) is 18.9 Å². The molecule has 20 heavy (non-hydrogen) atoms. The number of benzene rings is 1. The number of pyridine rings is 1. The van der Waals surface area contributed by atoms with Gasteiger partial charge in [-0.05, 0) is 36.6 Å². The van der Waals surface area contributed by atoms with Crippen molar-refractivity contribution >= 4 is 0 Å². The molecule has 0 aliphatic heterocycles. The minimum Gasteiger partial charge on any atom is -0.389 e. The summed E-state index contributed by atoms with van der Waals surface area (Å²) in [7, 11) is 0. The molecule has 0 spiro atoms. The molecule has 2 rings (SSSR count). The number of nitrogens with zero attached hydrogens (tertiary/aromatic N) is 1. The van der Waals surface area contributed by atoms with Gasteiger partial charge >= 0.3 is 0 Å². The summed E-state index contributed by atoms with van der Waals surface area (Å²) in [6, 6.07) is 14.3. The summed E-state index contributed by atoms with van der Waals surface area (Å²) in [5.41, 5.74) is 1.64. The summed E-state index contributed by atoms with van der Waals surface area (Å²) in [4.78, 5) is 4.07. The molecular formula is C17H22N2O. The van der Waals surface area contributed by atoms with Gasteiger partial charge in [-0.3, -0.25) is 4.98 Å². The topological polar surface area (TPSA) is 45.1 Å². The summed E-state index contributed by atoms with van der Waals surface area (Å²) >= 11 is 0. The van der Waals surface area contributed by atoms with E-state index in [9.17, 15) is 5.11 Å². The molecule has 2 N–H and O–H groups in total. The van der Waals surface area contributed by atoms with E-state index in [1.165, 1.54) is 5.56 Å². The highest BCUT2D eigenvalue weighted by molar-refractivity contribution is 5.30. The molecule has 0 aliphatic carbocycles. The summed E-state index contributed by atoms with van der Waals surface area (Å²) in [5.74, 6) is 0. The van der Waals surface area contributed by atoms with E-state index < -0.39 is 5.60 Å². The Morgan fingerprint density at radius 1 is 1.10 bits per heavy atom. The van der Waals surface area contributed by atoms with Crippen molar-refractivity contribution in [3.63, 3.8) is 0 Å². The van der Waals surface area contributed by atoms with Crippen LogP contribution in [0.4, 0.5) is 0 Å². The lowest BCUT2D eigenvalue weighted by Gasteiger charge is -2.27. The lowest BCUT2D eigenvalue weighted by atomic mass is 9.97. The predicted octanol–water partition coefficient (Wildman–Crippen LogP) is 2.92. The molecule has 0 amide bonds. The Kier molecular flexibility index (Phi) is 4.88. The van der Waals surface area contributed by atoms with Crippen molar-refractivity contribution in [1.29, 1.82) is 0 Å². The second-order valence-electron chi connectivity index (χ2n) is 5.36. The summed E-state index contributed by atoms with van der Waals surface area (Å²) in [6.07, 6.45) is 4.31. The van der Waals surface area contributed by atoms with Crippen LogP contribution in [0.15, 0.2) is 54.9 Å². The molecule has 0 aliphatic rings. The molecule has 1 aromatic heterocycles. The van der Waals surface area contributed by atoms with Crippen molar-refractivity contribution in [1.82, 2.24) is 10.3 Å². The van der Waals surface area contributed by atoms with Gasteiger partial charge in [-0.1, -0.05) is 37.3 Å². The quantitative estimate of drug-likeness (QED) is 0.848. The third-order valence-corrected chi connectivity index (χ3v) is 3.62. The van der Waals surface area contributed by atoms with Crippen LogP contribution in [0.5, 0.6) is 0 Å². The Morgan fingerprint density at radius 2 is 1.70 bits per heavy atom. The Labute approximate surface area is 120 Å². The fraction of sp³-hybridized carbons (Fsp3) is 0.353. The zero-order valence-corrected chi connectivity index (χ0v) is 12.1. The van der Waals surface area contributed by atoms with E-state index in [0.717, 1.165) is 12.0 Å². The van der Waals surface area contributed by atoms with Crippen LogP contribution in [0.25, 0.3) is 0 Å². The van der Waals surface area contributed by atoms with E-state index in [4.69, 9.17) is 0 Å². The molecule has 0 bridgehead atoms. The molecule has 0 saturated carbocycles. The first kappa shape index (κ1) is 14.7. The molecule has 2 atom stereocenters. The Bertz CT molecular complexity index is 472. The fourth-order valence-corrected chi connectivity index (χ4v) is 2.08. The third-order valence-electron chi connectivity index (χ3n) is 3.62.